The second kappa shape index (κ2) is 7.24. The fraction of sp³-hybridized carbons (Fsp3) is 0.238. The number of rotatable bonds is 3. The average Bonchev–Trinajstić information content (AvgIpc) is 2.94. The SMILES string of the molecule is Cc1cc(C)cc(NC(=O)CSC2=Nc3ccccc3C3=NC(C)C(=O)N23)c1. The number of aryl methyl sites for hydroxylation is 2. The van der Waals surface area contributed by atoms with Crippen LogP contribution in [-0.4, -0.2) is 39.5 Å². The quantitative estimate of drug-likeness (QED) is 0.866. The van der Waals surface area contributed by atoms with E-state index in [4.69, 9.17) is 0 Å². The number of amides is 2. The summed E-state index contributed by atoms with van der Waals surface area (Å²) in [5.74, 6) is 0.500. The molecule has 0 radical (unpaired) electrons. The Morgan fingerprint density at radius 3 is 2.64 bits per heavy atom. The molecule has 1 atom stereocenters. The monoisotopic (exact) mass is 392 g/mol. The molecule has 6 nitrogen and oxygen atoms in total. The van der Waals surface area contributed by atoms with Crippen molar-refractivity contribution >= 4 is 46.0 Å². The molecular formula is C21H20N4O2S. The molecule has 2 amide bonds. The molecule has 2 aliphatic heterocycles. The molecule has 28 heavy (non-hydrogen) atoms. The van der Waals surface area contributed by atoms with Crippen molar-refractivity contribution in [3.05, 3.63) is 59.2 Å². The van der Waals surface area contributed by atoms with Gasteiger partial charge in [-0.15, -0.1) is 0 Å². The first-order chi connectivity index (χ1) is 13.4. The van der Waals surface area contributed by atoms with Crippen LogP contribution in [0.3, 0.4) is 0 Å². The highest BCUT2D eigenvalue weighted by Crippen LogP contribution is 2.33. The molecule has 142 valence electrons. The third-order valence-corrected chi connectivity index (χ3v) is 5.43. The predicted octanol–water partition coefficient (Wildman–Crippen LogP) is 3.65. The van der Waals surface area contributed by atoms with Crippen molar-refractivity contribution in [3.8, 4) is 0 Å². The number of carbonyl (C=O) groups excluding carboxylic acids is 2. The maximum Gasteiger partial charge on any atom is 0.258 e. The normalized spacial score (nSPS) is 17.6. The lowest BCUT2D eigenvalue weighted by molar-refractivity contribution is -0.124. The van der Waals surface area contributed by atoms with Gasteiger partial charge in [0, 0.05) is 11.3 Å². The van der Waals surface area contributed by atoms with E-state index in [-0.39, 0.29) is 17.6 Å². The van der Waals surface area contributed by atoms with Gasteiger partial charge in [0.25, 0.3) is 5.91 Å². The zero-order valence-electron chi connectivity index (χ0n) is 15.9. The van der Waals surface area contributed by atoms with Gasteiger partial charge in [-0.1, -0.05) is 30.0 Å². The van der Waals surface area contributed by atoms with Gasteiger partial charge in [0.1, 0.15) is 11.9 Å². The molecule has 0 bridgehead atoms. The van der Waals surface area contributed by atoms with Crippen molar-refractivity contribution in [2.24, 2.45) is 9.98 Å². The van der Waals surface area contributed by atoms with Crippen LogP contribution >= 0.6 is 11.8 Å². The molecule has 1 N–H and O–H groups in total. The van der Waals surface area contributed by atoms with Crippen molar-refractivity contribution in [3.63, 3.8) is 0 Å². The number of aliphatic imine (C=N–C) groups is 2. The minimum Gasteiger partial charge on any atom is -0.325 e. The Labute approximate surface area is 167 Å². The summed E-state index contributed by atoms with van der Waals surface area (Å²) < 4.78 is 0. The van der Waals surface area contributed by atoms with Gasteiger partial charge in [0.2, 0.25) is 5.91 Å². The van der Waals surface area contributed by atoms with Gasteiger partial charge in [-0.3, -0.25) is 14.6 Å². The smallest absolute Gasteiger partial charge is 0.258 e. The summed E-state index contributed by atoms with van der Waals surface area (Å²) in [7, 11) is 0. The number of nitrogens with zero attached hydrogens (tertiary/aromatic N) is 3. The van der Waals surface area contributed by atoms with E-state index in [1.807, 2.05) is 50.2 Å². The van der Waals surface area contributed by atoms with Gasteiger partial charge >= 0.3 is 0 Å². The number of benzene rings is 2. The number of anilines is 1. The molecule has 0 spiro atoms. The summed E-state index contributed by atoms with van der Waals surface area (Å²) in [5, 5.41) is 3.40. The van der Waals surface area contributed by atoms with E-state index < -0.39 is 6.04 Å². The predicted molar refractivity (Wildman–Crippen MR) is 113 cm³/mol. The van der Waals surface area contributed by atoms with E-state index in [2.05, 4.69) is 21.4 Å². The molecule has 7 heteroatoms. The fourth-order valence-electron chi connectivity index (χ4n) is 3.35. The number of thioether (sulfide) groups is 1. The number of hydrogen-bond acceptors (Lipinski definition) is 5. The zero-order chi connectivity index (χ0) is 19.8. The molecule has 2 heterocycles. The highest BCUT2D eigenvalue weighted by Gasteiger charge is 2.39. The summed E-state index contributed by atoms with van der Waals surface area (Å²) in [6, 6.07) is 13.1. The Kier molecular flexibility index (Phi) is 4.77. The highest BCUT2D eigenvalue weighted by molar-refractivity contribution is 8.14. The van der Waals surface area contributed by atoms with Crippen LogP contribution in [-0.2, 0) is 9.59 Å². The summed E-state index contributed by atoms with van der Waals surface area (Å²) in [5.41, 5.74) is 4.55. The molecule has 4 rings (SSSR count). The Morgan fingerprint density at radius 2 is 1.89 bits per heavy atom. The fourth-order valence-corrected chi connectivity index (χ4v) is 4.15. The molecule has 0 saturated heterocycles. The molecule has 2 aromatic rings. The van der Waals surface area contributed by atoms with E-state index in [1.54, 1.807) is 6.92 Å². The maximum absolute atomic E-state index is 12.6. The zero-order valence-corrected chi connectivity index (χ0v) is 16.7. The third kappa shape index (κ3) is 3.45. The lowest BCUT2D eigenvalue weighted by atomic mass is 10.1. The molecule has 1 unspecified atom stereocenters. The number of hydrogen-bond donors (Lipinski definition) is 1. The number of amidine groups is 2. The first kappa shape index (κ1) is 18.4. The first-order valence-corrected chi connectivity index (χ1v) is 10.0. The van der Waals surface area contributed by atoms with Gasteiger partial charge in [-0.2, -0.15) is 0 Å². The van der Waals surface area contributed by atoms with Crippen LogP contribution in [0.15, 0.2) is 52.4 Å². The molecule has 2 aromatic carbocycles. The number of fused-ring (bicyclic) bond motifs is 3. The largest absolute Gasteiger partial charge is 0.325 e. The summed E-state index contributed by atoms with van der Waals surface area (Å²) in [6.07, 6.45) is 0. The van der Waals surface area contributed by atoms with Crippen molar-refractivity contribution < 1.29 is 9.59 Å². The Balaban J connectivity index is 1.52. The second-order valence-electron chi connectivity index (χ2n) is 6.93. The minimum absolute atomic E-state index is 0.120. The Morgan fingerprint density at radius 1 is 1.18 bits per heavy atom. The van der Waals surface area contributed by atoms with Crippen LogP contribution in [0.25, 0.3) is 0 Å². The third-order valence-electron chi connectivity index (χ3n) is 4.50. The van der Waals surface area contributed by atoms with Crippen LogP contribution in [0.5, 0.6) is 0 Å². The lowest BCUT2D eigenvalue weighted by Crippen LogP contribution is -2.41. The average molecular weight is 392 g/mol. The van der Waals surface area contributed by atoms with Gasteiger partial charge in [-0.25, -0.2) is 9.89 Å². The van der Waals surface area contributed by atoms with Gasteiger partial charge in [0.15, 0.2) is 5.17 Å². The van der Waals surface area contributed by atoms with E-state index >= 15 is 0 Å². The van der Waals surface area contributed by atoms with Crippen LogP contribution < -0.4 is 5.32 Å². The van der Waals surface area contributed by atoms with E-state index in [9.17, 15) is 9.59 Å². The van der Waals surface area contributed by atoms with E-state index in [0.717, 1.165) is 28.1 Å². The van der Waals surface area contributed by atoms with Crippen molar-refractivity contribution in [2.75, 3.05) is 11.1 Å². The van der Waals surface area contributed by atoms with Crippen LogP contribution in [0, 0.1) is 13.8 Å². The maximum atomic E-state index is 12.6. The highest BCUT2D eigenvalue weighted by atomic mass is 32.2. The van der Waals surface area contributed by atoms with E-state index in [0.29, 0.717) is 11.0 Å². The molecule has 0 fully saturated rings. The molecule has 0 aromatic heterocycles. The lowest BCUT2D eigenvalue weighted by Gasteiger charge is -2.25. The summed E-state index contributed by atoms with van der Waals surface area (Å²) in [6.45, 7) is 5.75. The van der Waals surface area contributed by atoms with E-state index in [1.165, 1.54) is 16.7 Å². The number of nitrogens with one attached hydrogen (secondary N) is 1. The van der Waals surface area contributed by atoms with Crippen molar-refractivity contribution in [1.29, 1.82) is 0 Å². The number of para-hydroxylation sites is 1. The molecule has 0 saturated carbocycles. The topological polar surface area (TPSA) is 74.1 Å². The molecule has 0 aliphatic carbocycles. The van der Waals surface area contributed by atoms with Gasteiger partial charge in [-0.05, 0) is 56.2 Å². The van der Waals surface area contributed by atoms with Crippen LogP contribution in [0.2, 0.25) is 0 Å². The van der Waals surface area contributed by atoms with Crippen molar-refractivity contribution in [2.45, 2.75) is 26.8 Å². The standard InChI is InChI=1S/C21H20N4O2S/c1-12-8-13(2)10-15(9-12)23-18(26)11-28-21-24-17-7-5-4-6-16(17)19-22-14(3)20(27)25(19)21/h4-10,14H,11H2,1-3H3,(H,23,26). The first-order valence-electron chi connectivity index (χ1n) is 9.03. The van der Waals surface area contributed by atoms with Crippen LogP contribution in [0.4, 0.5) is 11.4 Å². The van der Waals surface area contributed by atoms with Gasteiger partial charge in [0.05, 0.1) is 11.4 Å². The number of carbonyl (C=O) groups is 2. The van der Waals surface area contributed by atoms with Crippen LogP contribution in [0.1, 0.15) is 23.6 Å². The van der Waals surface area contributed by atoms with Crippen molar-refractivity contribution in [1.82, 2.24) is 4.90 Å². The Bertz CT molecular complexity index is 1020. The second-order valence-corrected chi connectivity index (χ2v) is 7.87. The minimum atomic E-state index is -0.448. The summed E-state index contributed by atoms with van der Waals surface area (Å²) >= 11 is 1.24. The Hall–Kier alpha value is -2.93. The van der Waals surface area contributed by atoms with Gasteiger partial charge < -0.3 is 5.32 Å². The molecular weight excluding hydrogens is 372 g/mol. The summed E-state index contributed by atoms with van der Waals surface area (Å²) in [4.78, 5) is 35.7. The molecule has 2 aliphatic rings.